The number of benzene rings is 2. The first-order chi connectivity index (χ1) is 13.1. The average Bonchev–Trinajstić information content (AvgIpc) is 2.99. The number of rotatable bonds is 4. The molecule has 2 aromatic heterocycles. The lowest BCUT2D eigenvalue weighted by molar-refractivity contribution is 0.0971. The number of aryl methyl sites for hydroxylation is 1. The van der Waals surface area contributed by atoms with Crippen LogP contribution in [0.15, 0.2) is 71.7 Å². The molecule has 0 aliphatic rings. The third kappa shape index (κ3) is 2.97. The van der Waals surface area contributed by atoms with Gasteiger partial charge in [-0.2, -0.15) is 0 Å². The Balaban J connectivity index is 1.76. The van der Waals surface area contributed by atoms with E-state index in [4.69, 9.17) is 0 Å². The largest absolute Gasteiger partial charge is 0.318 e. The molecule has 0 saturated heterocycles. The molecule has 4 rings (SSSR count). The predicted molar refractivity (Wildman–Crippen MR) is 106 cm³/mol. The monoisotopic (exact) mass is 357 g/mol. The van der Waals surface area contributed by atoms with Crippen molar-refractivity contribution in [2.24, 2.45) is 0 Å². The van der Waals surface area contributed by atoms with Crippen LogP contribution in [-0.2, 0) is 6.54 Å². The molecule has 27 heavy (non-hydrogen) atoms. The van der Waals surface area contributed by atoms with Gasteiger partial charge in [-0.3, -0.25) is 14.2 Å². The third-order valence-electron chi connectivity index (χ3n) is 4.80. The second-order valence-electron chi connectivity index (χ2n) is 6.55. The fourth-order valence-corrected chi connectivity index (χ4v) is 3.53. The quantitative estimate of drug-likeness (QED) is 0.524. The number of Topliss-reactive ketones (excluding diaryl/α,β-unsaturated/α-hetero) is 1. The first-order valence-electron chi connectivity index (χ1n) is 8.78. The van der Waals surface area contributed by atoms with Crippen molar-refractivity contribution in [3.63, 3.8) is 0 Å². The number of nitrogens with zero attached hydrogens (tertiary/aromatic N) is 3. The summed E-state index contributed by atoms with van der Waals surface area (Å²) >= 11 is 0. The van der Waals surface area contributed by atoms with Crippen LogP contribution in [0.1, 0.15) is 21.7 Å². The lowest BCUT2D eigenvalue weighted by atomic mass is 10.1. The molecule has 0 unspecified atom stereocenters. The summed E-state index contributed by atoms with van der Waals surface area (Å²) in [4.78, 5) is 29.5. The molecule has 0 radical (unpaired) electrons. The van der Waals surface area contributed by atoms with Crippen LogP contribution in [-0.4, -0.2) is 19.9 Å². The van der Waals surface area contributed by atoms with Crippen molar-refractivity contribution in [3.8, 4) is 5.69 Å². The molecule has 0 saturated carbocycles. The zero-order valence-electron chi connectivity index (χ0n) is 15.2. The smallest absolute Gasteiger partial charge is 0.269 e. The summed E-state index contributed by atoms with van der Waals surface area (Å²) in [5.41, 5.74) is 4.57. The number of aromatic nitrogens is 3. The van der Waals surface area contributed by atoms with Crippen LogP contribution in [0.25, 0.3) is 16.7 Å². The van der Waals surface area contributed by atoms with Gasteiger partial charge in [-0.1, -0.05) is 30.3 Å². The summed E-state index contributed by atoms with van der Waals surface area (Å²) in [6, 6.07) is 19.2. The molecule has 0 aliphatic carbocycles. The van der Waals surface area contributed by atoms with Crippen molar-refractivity contribution < 1.29 is 4.79 Å². The molecule has 0 N–H and O–H groups in total. The van der Waals surface area contributed by atoms with E-state index in [1.165, 1.54) is 10.8 Å². The van der Waals surface area contributed by atoms with E-state index in [9.17, 15) is 9.59 Å². The van der Waals surface area contributed by atoms with E-state index >= 15 is 0 Å². The van der Waals surface area contributed by atoms with E-state index < -0.39 is 0 Å². The molecule has 4 aromatic rings. The van der Waals surface area contributed by atoms with Crippen molar-refractivity contribution in [2.75, 3.05) is 0 Å². The number of carbonyl (C=O) groups is 1. The molecule has 134 valence electrons. The maximum Gasteiger partial charge on any atom is 0.269 e. The predicted octanol–water partition coefficient (Wildman–Crippen LogP) is 3.69. The van der Waals surface area contributed by atoms with Crippen LogP contribution in [0, 0.1) is 13.8 Å². The molecule has 2 heterocycles. The Kier molecular flexibility index (Phi) is 4.20. The van der Waals surface area contributed by atoms with Crippen LogP contribution >= 0.6 is 0 Å². The molecule has 5 heteroatoms. The van der Waals surface area contributed by atoms with E-state index in [0.717, 1.165) is 17.1 Å². The first-order valence-corrected chi connectivity index (χ1v) is 8.78. The van der Waals surface area contributed by atoms with Gasteiger partial charge in [0.05, 0.1) is 23.8 Å². The van der Waals surface area contributed by atoms with Gasteiger partial charge in [0.25, 0.3) is 5.56 Å². The summed E-state index contributed by atoms with van der Waals surface area (Å²) in [6.07, 6.45) is 1.27. The summed E-state index contributed by atoms with van der Waals surface area (Å²) in [7, 11) is 0. The number of carbonyl (C=O) groups excluding carboxylic acids is 1. The van der Waals surface area contributed by atoms with Crippen LogP contribution < -0.4 is 5.56 Å². The fraction of sp³-hybridized carbons (Fsp3) is 0.136. The highest BCUT2D eigenvalue weighted by atomic mass is 16.1. The van der Waals surface area contributed by atoms with Gasteiger partial charge in [0, 0.05) is 22.6 Å². The lowest BCUT2D eigenvalue weighted by Gasteiger charge is -2.11. The number of ketones is 1. The van der Waals surface area contributed by atoms with Crippen molar-refractivity contribution in [3.05, 3.63) is 94.2 Å². The molecule has 0 atom stereocenters. The fourth-order valence-electron chi connectivity index (χ4n) is 3.53. The summed E-state index contributed by atoms with van der Waals surface area (Å²) in [6.45, 7) is 3.90. The van der Waals surface area contributed by atoms with E-state index in [1.54, 1.807) is 0 Å². The Morgan fingerprint density at radius 2 is 1.70 bits per heavy atom. The van der Waals surface area contributed by atoms with Gasteiger partial charge in [-0.05, 0) is 44.2 Å². The van der Waals surface area contributed by atoms with Gasteiger partial charge >= 0.3 is 0 Å². The Morgan fingerprint density at radius 1 is 1.00 bits per heavy atom. The molecule has 2 aromatic carbocycles. The van der Waals surface area contributed by atoms with E-state index in [2.05, 4.69) is 9.55 Å². The minimum Gasteiger partial charge on any atom is -0.318 e. The average molecular weight is 357 g/mol. The summed E-state index contributed by atoms with van der Waals surface area (Å²) in [5, 5.41) is 0. The maximum atomic E-state index is 13.0. The molecule has 0 amide bonds. The standard InChI is InChI=1S/C22H19N3O2/c1-15-12-18(16(2)25(15)17-8-4-3-5-9-17)21(26)14-24-20-11-7-6-10-19(20)23-13-22(24)27/h3-13H,14H2,1-2H3. The molecule has 0 fully saturated rings. The van der Waals surface area contributed by atoms with Crippen molar-refractivity contribution in [1.29, 1.82) is 0 Å². The van der Waals surface area contributed by atoms with E-state index in [0.29, 0.717) is 16.6 Å². The van der Waals surface area contributed by atoms with Gasteiger partial charge < -0.3 is 4.57 Å². The normalized spacial score (nSPS) is 11.0. The topological polar surface area (TPSA) is 56.9 Å². The lowest BCUT2D eigenvalue weighted by Crippen LogP contribution is -2.25. The summed E-state index contributed by atoms with van der Waals surface area (Å²) < 4.78 is 3.54. The third-order valence-corrected chi connectivity index (χ3v) is 4.80. The zero-order valence-corrected chi connectivity index (χ0v) is 15.2. The molecule has 0 spiro atoms. The number of hydrogen-bond acceptors (Lipinski definition) is 3. The Labute approximate surface area is 156 Å². The number of fused-ring (bicyclic) bond motifs is 1. The molecule has 5 nitrogen and oxygen atoms in total. The highest BCUT2D eigenvalue weighted by Gasteiger charge is 2.18. The van der Waals surface area contributed by atoms with Gasteiger partial charge in [0.1, 0.15) is 0 Å². The first kappa shape index (κ1) is 17.0. The van der Waals surface area contributed by atoms with E-state index in [-0.39, 0.29) is 17.9 Å². The summed E-state index contributed by atoms with van der Waals surface area (Å²) in [5.74, 6) is -0.0938. The zero-order chi connectivity index (χ0) is 19.0. The van der Waals surface area contributed by atoms with Gasteiger partial charge in [0.15, 0.2) is 5.78 Å². The Morgan fingerprint density at radius 3 is 2.48 bits per heavy atom. The van der Waals surface area contributed by atoms with Crippen LogP contribution in [0.5, 0.6) is 0 Å². The molecular formula is C22H19N3O2. The van der Waals surface area contributed by atoms with Crippen molar-refractivity contribution in [2.45, 2.75) is 20.4 Å². The van der Waals surface area contributed by atoms with Gasteiger partial charge in [-0.25, -0.2) is 4.98 Å². The number of para-hydroxylation sites is 3. The van der Waals surface area contributed by atoms with Gasteiger partial charge in [-0.15, -0.1) is 0 Å². The van der Waals surface area contributed by atoms with Crippen molar-refractivity contribution in [1.82, 2.24) is 14.1 Å². The minimum atomic E-state index is -0.279. The molecule has 0 aliphatic heterocycles. The van der Waals surface area contributed by atoms with Crippen LogP contribution in [0.3, 0.4) is 0 Å². The van der Waals surface area contributed by atoms with Crippen molar-refractivity contribution >= 4 is 16.8 Å². The van der Waals surface area contributed by atoms with Gasteiger partial charge in [0.2, 0.25) is 0 Å². The second-order valence-corrected chi connectivity index (χ2v) is 6.55. The van der Waals surface area contributed by atoms with Crippen LogP contribution in [0.2, 0.25) is 0 Å². The van der Waals surface area contributed by atoms with Crippen LogP contribution in [0.4, 0.5) is 0 Å². The molecular weight excluding hydrogens is 338 g/mol. The highest BCUT2D eigenvalue weighted by Crippen LogP contribution is 2.21. The SMILES string of the molecule is Cc1cc(C(=O)Cn2c(=O)cnc3ccccc32)c(C)n1-c1ccccc1. The highest BCUT2D eigenvalue weighted by molar-refractivity contribution is 5.98. The minimum absolute atomic E-state index is 0.0129. The second kappa shape index (κ2) is 6.68. The number of hydrogen-bond donors (Lipinski definition) is 0. The maximum absolute atomic E-state index is 13.0. The van der Waals surface area contributed by atoms with E-state index in [1.807, 2.05) is 74.5 Å². The molecule has 0 bridgehead atoms. The Hall–Kier alpha value is -3.47. The Bertz CT molecular complexity index is 1200.